The number of nitrogens with zero attached hydrogens (tertiary/aromatic N) is 1. The first-order chi connectivity index (χ1) is 13.2. The molecule has 0 aromatic heterocycles. The van der Waals surface area contributed by atoms with E-state index in [0.717, 1.165) is 6.42 Å². The number of rotatable bonds is 7. The SMILES string of the molecule is C=CCOC(=O)NCC[C@@H]1C[C@@H](O[Si](C)(C)C(C)(C)C)CN1C(=O)OC(C)(C)C. The number of likely N-dealkylation sites (tertiary alicyclic amines) is 1. The minimum Gasteiger partial charge on any atom is -0.445 e. The van der Waals surface area contributed by atoms with E-state index >= 15 is 0 Å². The lowest BCUT2D eigenvalue weighted by atomic mass is 10.1. The molecule has 0 unspecified atom stereocenters. The van der Waals surface area contributed by atoms with Crippen molar-refractivity contribution in [3.8, 4) is 0 Å². The first kappa shape index (κ1) is 25.5. The Hall–Kier alpha value is -1.54. The van der Waals surface area contributed by atoms with E-state index in [2.05, 4.69) is 45.8 Å². The number of carbonyl (C=O) groups excluding carboxylic acids is 2. The van der Waals surface area contributed by atoms with Crippen molar-refractivity contribution >= 4 is 20.5 Å². The number of nitrogens with one attached hydrogen (secondary N) is 1. The van der Waals surface area contributed by atoms with Crippen LogP contribution in [-0.2, 0) is 13.9 Å². The van der Waals surface area contributed by atoms with E-state index in [1.54, 1.807) is 4.90 Å². The van der Waals surface area contributed by atoms with Crippen molar-refractivity contribution in [3.05, 3.63) is 12.7 Å². The predicted octanol–water partition coefficient (Wildman–Crippen LogP) is 4.69. The van der Waals surface area contributed by atoms with Crippen LogP contribution in [-0.4, -0.2) is 62.8 Å². The first-order valence-electron chi connectivity index (χ1n) is 10.4. The molecule has 1 rings (SSSR count). The van der Waals surface area contributed by atoms with Crippen LogP contribution >= 0.6 is 0 Å². The third-order valence-corrected chi connectivity index (χ3v) is 9.89. The van der Waals surface area contributed by atoms with Gasteiger partial charge in [0.2, 0.25) is 0 Å². The van der Waals surface area contributed by atoms with Crippen LogP contribution in [0.2, 0.25) is 18.1 Å². The third kappa shape index (κ3) is 8.38. The van der Waals surface area contributed by atoms with E-state index in [1.165, 1.54) is 6.08 Å². The van der Waals surface area contributed by atoms with Crippen molar-refractivity contribution in [2.75, 3.05) is 19.7 Å². The van der Waals surface area contributed by atoms with Gasteiger partial charge in [-0.05, 0) is 51.7 Å². The predicted molar refractivity (Wildman–Crippen MR) is 118 cm³/mol. The Bertz CT molecular complexity index is 581. The van der Waals surface area contributed by atoms with Gasteiger partial charge in [0, 0.05) is 19.1 Å². The fourth-order valence-electron chi connectivity index (χ4n) is 2.90. The number of amides is 2. The van der Waals surface area contributed by atoms with E-state index in [0.29, 0.717) is 19.5 Å². The third-order valence-electron chi connectivity index (χ3n) is 5.35. The molecular weight excluding hydrogens is 388 g/mol. The summed E-state index contributed by atoms with van der Waals surface area (Å²) in [6.07, 6.45) is 2.01. The molecule has 0 saturated carbocycles. The monoisotopic (exact) mass is 428 g/mol. The van der Waals surface area contributed by atoms with Crippen molar-refractivity contribution in [3.63, 3.8) is 0 Å². The highest BCUT2D eigenvalue weighted by molar-refractivity contribution is 6.74. The van der Waals surface area contributed by atoms with Crippen LogP contribution in [0, 0.1) is 0 Å². The molecule has 0 aromatic rings. The molecule has 8 heteroatoms. The molecule has 1 aliphatic heterocycles. The Kier molecular flexibility index (Phi) is 8.77. The zero-order valence-electron chi connectivity index (χ0n) is 19.5. The van der Waals surface area contributed by atoms with Crippen molar-refractivity contribution in [1.29, 1.82) is 0 Å². The van der Waals surface area contributed by atoms with Crippen LogP contribution in [0.25, 0.3) is 0 Å². The quantitative estimate of drug-likeness (QED) is 0.470. The standard InChI is InChI=1S/C21H40N2O5Si/c1-10-13-26-18(24)22-12-11-16-14-17(28-29(8,9)21(5,6)7)15-23(16)19(25)27-20(2,3)4/h10,16-17H,1,11-15H2,2-9H3,(H,22,24)/t16-,17-/m1/s1. The van der Waals surface area contributed by atoms with Crippen LogP contribution in [0.1, 0.15) is 54.4 Å². The highest BCUT2D eigenvalue weighted by Gasteiger charge is 2.44. The maximum absolute atomic E-state index is 12.8. The molecule has 2 amide bonds. The smallest absolute Gasteiger partial charge is 0.410 e. The van der Waals surface area contributed by atoms with Gasteiger partial charge >= 0.3 is 12.2 Å². The van der Waals surface area contributed by atoms with Crippen molar-refractivity contribution in [2.24, 2.45) is 0 Å². The summed E-state index contributed by atoms with van der Waals surface area (Å²) in [5, 5.41) is 2.82. The molecule has 0 aliphatic carbocycles. The maximum atomic E-state index is 12.8. The van der Waals surface area contributed by atoms with Crippen molar-refractivity contribution in [1.82, 2.24) is 10.2 Å². The van der Waals surface area contributed by atoms with Crippen LogP contribution in [0.4, 0.5) is 9.59 Å². The highest BCUT2D eigenvalue weighted by Crippen LogP contribution is 2.39. The number of carbonyl (C=O) groups is 2. The molecule has 0 spiro atoms. The van der Waals surface area contributed by atoms with Gasteiger partial charge in [0.05, 0.1) is 6.10 Å². The van der Waals surface area contributed by atoms with E-state index < -0.39 is 20.0 Å². The van der Waals surface area contributed by atoms with Gasteiger partial charge in [-0.3, -0.25) is 0 Å². The molecule has 0 aromatic carbocycles. The fraction of sp³-hybridized carbons (Fsp3) is 0.810. The van der Waals surface area contributed by atoms with Gasteiger partial charge in [-0.15, -0.1) is 0 Å². The van der Waals surface area contributed by atoms with E-state index in [1.807, 2.05) is 20.8 Å². The minimum absolute atomic E-state index is 0.0267. The van der Waals surface area contributed by atoms with Gasteiger partial charge in [0.15, 0.2) is 8.32 Å². The van der Waals surface area contributed by atoms with Gasteiger partial charge in [-0.25, -0.2) is 9.59 Å². The summed E-state index contributed by atoms with van der Waals surface area (Å²) in [5.41, 5.74) is -0.563. The first-order valence-corrected chi connectivity index (χ1v) is 13.3. The van der Waals surface area contributed by atoms with Crippen LogP contribution in [0.15, 0.2) is 12.7 Å². The number of hydrogen-bond acceptors (Lipinski definition) is 5. The van der Waals surface area contributed by atoms with Crippen LogP contribution in [0.5, 0.6) is 0 Å². The molecule has 7 nitrogen and oxygen atoms in total. The summed E-state index contributed by atoms with van der Waals surface area (Å²) < 4.78 is 17.1. The molecular formula is C21H40N2O5Si. The Morgan fingerprint density at radius 3 is 2.34 bits per heavy atom. The summed E-state index contributed by atoms with van der Waals surface area (Å²) in [6, 6.07) is -0.0562. The molecule has 1 N–H and O–H groups in total. The molecule has 0 radical (unpaired) electrons. The fourth-order valence-corrected chi connectivity index (χ4v) is 4.25. The van der Waals surface area contributed by atoms with Crippen molar-refractivity contribution in [2.45, 2.75) is 90.3 Å². The molecule has 168 valence electrons. The van der Waals surface area contributed by atoms with E-state index in [4.69, 9.17) is 13.9 Å². The maximum Gasteiger partial charge on any atom is 0.410 e. The lowest BCUT2D eigenvalue weighted by molar-refractivity contribution is 0.0205. The molecule has 1 heterocycles. The Labute approximate surface area is 177 Å². The number of ether oxygens (including phenoxy) is 2. The molecule has 2 atom stereocenters. The van der Waals surface area contributed by atoms with Crippen LogP contribution in [0.3, 0.4) is 0 Å². The average molecular weight is 429 g/mol. The van der Waals surface area contributed by atoms with Crippen LogP contribution < -0.4 is 5.32 Å². The summed E-state index contributed by atoms with van der Waals surface area (Å²) in [6.45, 7) is 21.2. The lowest BCUT2D eigenvalue weighted by Crippen LogP contribution is -2.45. The largest absolute Gasteiger partial charge is 0.445 e. The van der Waals surface area contributed by atoms with Gasteiger partial charge in [-0.1, -0.05) is 33.4 Å². The molecule has 1 aliphatic rings. The molecule has 0 bridgehead atoms. The Balaban J connectivity index is 2.78. The van der Waals surface area contributed by atoms with Crippen molar-refractivity contribution < 1.29 is 23.5 Å². The zero-order chi connectivity index (χ0) is 22.5. The highest BCUT2D eigenvalue weighted by atomic mass is 28.4. The zero-order valence-corrected chi connectivity index (χ0v) is 20.5. The topological polar surface area (TPSA) is 77.1 Å². The summed E-state index contributed by atoms with van der Waals surface area (Å²) >= 11 is 0. The second-order valence-electron chi connectivity index (χ2n) is 10.1. The van der Waals surface area contributed by atoms with Gasteiger partial charge < -0.3 is 24.1 Å². The Morgan fingerprint density at radius 1 is 1.21 bits per heavy atom. The summed E-state index contributed by atoms with van der Waals surface area (Å²) in [5.74, 6) is 0. The summed E-state index contributed by atoms with van der Waals surface area (Å²) in [4.78, 5) is 26.1. The number of hydrogen-bond donors (Lipinski definition) is 1. The van der Waals surface area contributed by atoms with Gasteiger partial charge in [0.25, 0.3) is 0 Å². The van der Waals surface area contributed by atoms with E-state index in [9.17, 15) is 9.59 Å². The Morgan fingerprint density at radius 2 is 1.83 bits per heavy atom. The van der Waals surface area contributed by atoms with Gasteiger partial charge in [0.1, 0.15) is 12.2 Å². The average Bonchev–Trinajstić information content (AvgIpc) is 2.92. The molecule has 1 saturated heterocycles. The van der Waals surface area contributed by atoms with Gasteiger partial charge in [-0.2, -0.15) is 0 Å². The second kappa shape index (κ2) is 9.98. The number of alkyl carbamates (subject to hydrolysis) is 1. The molecule has 29 heavy (non-hydrogen) atoms. The lowest BCUT2D eigenvalue weighted by Gasteiger charge is -2.38. The molecule has 1 fully saturated rings. The normalized spacial score (nSPS) is 20.3. The van der Waals surface area contributed by atoms with E-state index in [-0.39, 0.29) is 29.9 Å². The second-order valence-corrected chi connectivity index (χ2v) is 14.9. The summed E-state index contributed by atoms with van der Waals surface area (Å²) in [7, 11) is -1.95. The minimum atomic E-state index is -1.95.